The van der Waals surface area contributed by atoms with E-state index in [0.717, 1.165) is 27.7 Å². The molecular weight excluding hydrogens is 423 g/mol. The molecule has 4 nitrogen and oxygen atoms in total. The molecule has 0 spiro atoms. The van der Waals surface area contributed by atoms with Crippen LogP contribution in [0.4, 0.5) is 4.39 Å². The summed E-state index contributed by atoms with van der Waals surface area (Å²) in [5, 5.41) is 3.41. The lowest BCUT2D eigenvalue weighted by atomic mass is 10.2. The summed E-state index contributed by atoms with van der Waals surface area (Å²) in [5.74, 6) is 1.07. The predicted octanol–water partition coefficient (Wildman–Crippen LogP) is 5.25. The molecule has 0 saturated heterocycles. The molecule has 1 N–H and O–H groups in total. The van der Waals surface area contributed by atoms with E-state index in [1.165, 1.54) is 12.1 Å². The number of nitrogens with one attached hydrogen (secondary N) is 1. The summed E-state index contributed by atoms with van der Waals surface area (Å²) in [6.45, 7) is 4.22. The van der Waals surface area contributed by atoms with Gasteiger partial charge in [-0.3, -0.25) is 4.98 Å². The van der Waals surface area contributed by atoms with Crippen LogP contribution in [-0.4, -0.2) is 11.6 Å². The lowest BCUT2D eigenvalue weighted by molar-refractivity contribution is 0.268. The molecule has 0 amide bonds. The maximum atomic E-state index is 13.0. The third-order valence-electron chi connectivity index (χ3n) is 4.09. The van der Waals surface area contributed by atoms with Crippen molar-refractivity contribution >= 4 is 15.9 Å². The molecule has 2 aromatic carbocycles. The zero-order valence-electron chi connectivity index (χ0n) is 15.6. The van der Waals surface area contributed by atoms with Gasteiger partial charge in [0.15, 0.2) is 11.5 Å². The zero-order chi connectivity index (χ0) is 19.8. The minimum absolute atomic E-state index is 0.260. The van der Waals surface area contributed by atoms with E-state index in [1.807, 2.05) is 37.4 Å². The summed E-state index contributed by atoms with van der Waals surface area (Å²) < 4.78 is 25.7. The highest BCUT2D eigenvalue weighted by Gasteiger charge is 2.11. The smallest absolute Gasteiger partial charge is 0.162 e. The fourth-order valence-electron chi connectivity index (χ4n) is 2.68. The highest BCUT2D eigenvalue weighted by Crippen LogP contribution is 2.34. The van der Waals surface area contributed by atoms with Crippen molar-refractivity contribution in [3.05, 3.63) is 87.9 Å². The number of hydrogen-bond acceptors (Lipinski definition) is 4. The van der Waals surface area contributed by atoms with Crippen LogP contribution in [0.2, 0.25) is 0 Å². The van der Waals surface area contributed by atoms with Gasteiger partial charge in [-0.1, -0.05) is 34.1 Å². The van der Waals surface area contributed by atoms with Gasteiger partial charge in [0.05, 0.1) is 6.61 Å². The van der Waals surface area contributed by atoms with Crippen LogP contribution < -0.4 is 14.8 Å². The minimum Gasteiger partial charge on any atom is -0.490 e. The van der Waals surface area contributed by atoms with Gasteiger partial charge in [-0.05, 0) is 53.9 Å². The van der Waals surface area contributed by atoms with E-state index in [9.17, 15) is 4.39 Å². The van der Waals surface area contributed by atoms with Crippen LogP contribution in [-0.2, 0) is 19.7 Å². The first kappa shape index (κ1) is 20.3. The van der Waals surface area contributed by atoms with Gasteiger partial charge >= 0.3 is 0 Å². The summed E-state index contributed by atoms with van der Waals surface area (Å²) >= 11 is 3.62. The Morgan fingerprint density at radius 1 is 1.00 bits per heavy atom. The van der Waals surface area contributed by atoms with Crippen molar-refractivity contribution in [3.8, 4) is 11.5 Å². The molecule has 0 aliphatic carbocycles. The predicted molar refractivity (Wildman–Crippen MR) is 111 cm³/mol. The number of aromatic nitrogens is 1. The maximum Gasteiger partial charge on any atom is 0.162 e. The molecule has 6 heteroatoms. The molecule has 0 unspecified atom stereocenters. The average molecular weight is 445 g/mol. The van der Waals surface area contributed by atoms with Crippen LogP contribution in [0.5, 0.6) is 11.5 Å². The van der Waals surface area contributed by atoms with Crippen LogP contribution in [0.15, 0.2) is 65.4 Å². The van der Waals surface area contributed by atoms with Crippen LogP contribution in [0, 0.1) is 5.82 Å². The second kappa shape index (κ2) is 10.2. The molecule has 28 heavy (non-hydrogen) atoms. The monoisotopic (exact) mass is 444 g/mol. The molecule has 0 fully saturated rings. The number of nitrogens with zero attached hydrogens (tertiary/aromatic N) is 1. The number of benzene rings is 2. The molecular formula is C22H22BrFN2O2. The second-order valence-corrected chi connectivity index (χ2v) is 7.06. The van der Waals surface area contributed by atoms with Gasteiger partial charge in [0, 0.05) is 30.0 Å². The fraction of sp³-hybridized carbons (Fsp3) is 0.227. The summed E-state index contributed by atoms with van der Waals surface area (Å²) in [4.78, 5) is 4.12. The molecule has 146 valence electrons. The van der Waals surface area contributed by atoms with Crippen molar-refractivity contribution in [2.24, 2.45) is 0 Å². The Hall–Kier alpha value is -2.44. The fourth-order valence-corrected chi connectivity index (χ4v) is 3.14. The van der Waals surface area contributed by atoms with Crippen molar-refractivity contribution in [1.82, 2.24) is 10.3 Å². The number of halogens is 2. The standard InChI is InChI=1S/C22H22BrFN2O2/c1-2-27-21-10-18(14-26-13-17-4-3-9-25-12-17)20(23)11-22(21)28-15-16-5-7-19(24)8-6-16/h3-12,26H,2,13-15H2,1H3. The van der Waals surface area contributed by atoms with E-state index in [-0.39, 0.29) is 5.82 Å². The third-order valence-corrected chi connectivity index (χ3v) is 4.83. The Labute approximate surface area is 172 Å². The molecule has 3 aromatic rings. The van der Waals surface area contributed by atoms with E-state index in [1.54, 1.807) is 18.3 Å². The number of rotatable bonds is 9. The summed E-state index contributed by atoms with van der Waals surface area (Å²) in [7, 11) is 0. The molecule has 1 aromatic heterocycles. The van der Waals surface area contributed by atoms with Crippen LogP contribution in [0.1, 0.15) is 23.6 Å². The van der Waals surface area contributed by atoms with Gasteiger partial charge in [0.25, 0.3) is 0 Å². The quantitative estimate of drug-likeness (QED) is 0.489. The molecule has 1 heterocycles. The molecule has 0 atom stereocenters. The molecule has 0 saturated carbocycles. The Bertz CT molecular complexity index is 889. The Balaban J connectivity index is 1.67. The van der Waals surface area contributed by atoms with E-state index < -0.39 is 0 Å². The van der Waals surface area contributed by atoms with Gasteiger partial charge < -0.3 is 14.8 Å². The van der Waals surface area contributed by atoms with E-state index in [0.29, 0.717) is 31.3 Å². The van der Waals surface area contributed by atoms with Gasteiger partial charge in [0.1, 0.15) is 12.4 Å². The molecule has 0 radical (unpaired) electrons. The topological polar surface area (TPSA) is 43.4 Å². The second-order valence-electron chi connectivity index (χ2n) is 6.20. The lowest BCUT2D eigenvalue weighted by Crippen LogP contribution is -2.13. The first-order valence-electron chi connectivity index (χ1n) is 9.07. The summed E-state index contributed by atoms with van der Waals surface area (Å²) in [5.41, 5.74) is 3.09. The highest BCUT2D eigenvalue weighted by atomic mass is 79.9. The van der Waals surface area contributed by atoms with Crippen molar-refractivity contribution in [2.75, 3.05) is 6.61 Å². The van der Waals surface area contributed by atoms with Gasteiger partial charge in [-0.2, -0.15) is 0 Å². The third kappa shape index (κ3) is 5.78. The van der Waals surface area contributed by atoms with E-state index in [4.69, 9.17) is 9.47 Å². The van der Waals surface area contributed by atoms with Crippen molar-refractivity contribution in [2.45, 2.75) is 26.6 Å². The van der Waals surface area contributed by atoms with Crippen molar-refractivity contribution < 1.29 is 13.9 Å². The molecule has 0 aliphatic heterocycles. The van der Waals surface area contributed by atoms with E-state index in [2.05, 4.69) is 26.2 Å². The largest absolute Gasteiger partial charge is 0.490 e. The van der Waals surface area contributed by atoms with Crippen LogP contribution >= 0.6 is 15.9 Å². The first-order chi connectivity index (χ1) is 13.7. The van der Waals surface area contributed by atoms with Crippen LogP contribution in [0.25, 0.3) is 0 Å². The molecule has 0 bridgehead atoms. The zero-order valence-corrected chi connectivity index (χ0v) is 17.2. The highest BCUT2D eigenvalue weighted by molar-refractivity contribution is 9.10. The minimum atomic E-state index is -0.260. The Morgan fingerprint density at radius 2 is 1.79 bits per heavy atom. The van der Waals surface area contributed by atoms with Gasteiger partial charge in [-0.25, -0.2) is 4.39 Å². The van der Waals surface area contributed by atoms with E-state index >= 15 is 0 Å². The lowest BCUT2D eigenvalue weighted by Gasteiger charge is -2.15. The normalized spacial score (nSPS) is 10.7. The number of pyridine rings is 1. The van der Waals surface area contributed by atoms with Gasteiger partial charge in [0.2, 0.25) is 0 Å². The first-order valence-corrected chi connectivity index (χ1v) is 9.87. The van der Waals surface area contributed by atoms with Gasteiger partial charge in [-0.15, -0.1) is 0 Å². The maximum absolute atomic E-state index is 13.0. The Morgan fingerprint density at radius 3 is 2.50 bits per heavy atom. The number of ether oxygens (including phenoxy) is 2. The SMILES string of the molecule is CCOc1cc(CNCc2cccnc2)c(Br)cc1OCc1ccc(F)cc1. The average Bonchev–Trinajstić information content (AvgIpc) is 2.71. The van der Waals surface area contributed by atoms with Crippen LogP contribution in [0.3, 0.4) is 0 Å². The summed E-state index contributed by atoms with van der Waals surface area (Å²) in [6, 6.07) is 14.1. The van der Waals surface area contributed by atoms with Crippen molar-refractivity contribution in [1.29, 1.82) is 0 Å². The number of hydrogen-bond donors (Lipinski definition) is 1. The Kier molecular flexibility index (Phi) is 7.39. The summed E-state index contributed by atoms with van der Waals surface area (Å²) in [6.07, 6.45) is 3.61. The molecule has 3 rings (SSSR count). The molecule has 0 aliphatic rings. The van der Waals surface area contributed by atoms with Crippen molar-refractivity contribution in [3.63, 3.8) is 0 Å².